The third-order valence-electron chi connectivity index (χ3n) is 2.83. The van der Waals surface area contributed by atoms with E-state index in [2.05, 4.69) is 0 Å². The number of alkyl halides is 4. The van der Waals surface area contributed by atoms with E-state index in [4.69, 9.17) is 5.11 Å². The molecule has 0 amide bonds. The average Bonchev–Trinajstić information content (AvgIpc) is 2.54. The van der Waals surface area contributed by atoms with Crippen LogP contribution in [0.3, 0.4) is 0 Å². The molecular formula is C9H12F4O2. The van der Waals surface area contributed by atoms with Crippen molar-refractivity contribution in [1.29, 1.82) is 0 Å². The molecule has 0 bridgehead atoms. The van der Waals surface area contributed by atoms with Gasteiger partial charge in [0, 0.05) is 6.42 Å². The van der Waals surface area contributed by atoms with Crippen LogP contribution in [0, 0.1) is 5.92 Å². The Morgan fingerprint density at radius 2 is 1.67 bits per heavy atom. The molecule has 1 saturated carbocycles. The molecule has 1 rings (SSSR count). The number of aliphatic carboxylic acids is 1. The first-order valence-electron chi connectivity index (χ1n) is 4.76. The van der Waals surface area contributed by atoms with E-state index < -0.39 is 30.2 Å². The summed E-state index contributed by atoms with van der Waals surface area (Å²) in [5.41, 5.74) is -4.08. The lowest BCUT2D eigenvalue weighted by Crippen LogP contribution is -2.49. The van der Waals surface area contributed by atoms with Gasteiger partial charge in [-0.15, -0.1) is 0 Å². The van der Waals surface area contributed by atoms with Crippen molar-refractivity contribution in [2.45, 2.75) is 43.9 Å². The van der Waals surface area contributed by atoms with Gasteiger partial charge in [0.1, 0.15) is 0 Å². The van der Waals surface area contributed by atoms with Crippen LogP contribution in [0.25, 0.3) is 0 Å². The van der Waals surface area contributed by atoms with Gasteiger partial charge in [0.05, 0.1) is 0 Å². The standard InChI is InChI=1S/C9H12F4O2/c10-8(7(14)15,9(11,12)13)5-6-3-1-2-4-6/h6H,1-5H2,(H,14,15). The van der Waals surface area contributed by atoms with Crippen LogP contribution in [0.4, 0.5) is 17.6 Å². The second-order valence-corrected chi connectivity index (χ2v) is 3.96. The van der Waals surface area contributed by atoms with E-state index in [1.165, 1.54) is 0 Å². The number of carbonyl (C=O) groups is 1. The quantitative estimate of drug-likeness (QED) is 0.754. The molecule has 1 aliphatic carbocycles. The first kappa shape index (κ1) is 12.3. The van der Waals surface area contributed by atoms with Gasteiger partial charge in [-0.05, 0) is 5.92 Å². The highest BCUT2D eigenvalue weighted by Gasteiger charge is 2.62. The Balaban J connectivity index is 2.77. The van der Waals surface area contributed by atoms with Gasteiger partial charge < -0.3 is 5.11 Å². The van der Waals surface area contributed by atoms with Gasteiger partial charge in [0.25, 0.3) is 0 Å². The van der Waals surface area contributed by atoms with Crippen LogP contribution >= 0.6 is 0 Å². The van der Waals surface area contributed by atoms with Crippen molar-refractivity contribution >= 4 is 5.97 Å². The van der Waals surface area contributed by atoms with Gasteiger partial charge >= 0.3 is 17.8 Å². The van der Waals surface area contributed by atoms with Crippen LogP contribution in [0.15, 0.2) is 0 Å². The highest BCUT2D eigenvalue weighted by atomic mass is 19.4. The molecule has 0 aromatic heterocycles. The van der Waals surface area contributed by atoms with E-state index in [1.807, 2.05) is 0 Å². The molecule has 1 fully saturated rings. The van der Waals surface area contributed by atoms with Crippen molar-refractivity contribution in [1.82, 2.24) is 0 Å². The van der Waals surface area contributed by atoms with E-state index in [-0.39, 0.29) is 0 Å². The predicted octanol–water partition coefficient (Wildman–Crippen LogP) is 2.92. The van der Waals surface area contributed by atoms with Crippen molar-refractivity contribution in [3.63, 3.8) is 0 Å². The van der Waals surface area contributed by atoms with Crippen LogP contribution in [-0.2, 0) is 4.79 Å². The highest BCUT2D eigenvalue weighted by Crippen LogP contribution is 2.42. The van der Waals surface area contributed by atoms with Crippen molar-refractivity contribution in [2.75, 3.05) is 0 Å². The Morgan fingerprint density at radius 1 is 1.20 bits per heavy atom. The molecule has 2 nitrogen and oxygen atoms in total. The van der Waals surface area contributed by atoms with Crippen molar-refractivity contribution in [3.05, 3.63) is 0 Å². The molecule has 1 N–H and O–H groups in total. The zero-order valence-corrected chi connectivity index (χ0v) is 7.98. The largest absolute Gasteiger partial charge is 0.479 e. The predicted molar refractivity (Wildman–Crippen MR) is 44.1 cm³/mol. The van der Waals surface area contributed by atoms with E-state index >= 15 is 0 Å². The molecule has 0 saturated heterocycles. The number of hydrogen-bond acceptors (Lipinski definition) is 1. The van der Waals surface area contributed by atoms with Crippen LogP contribution < -0.4 is 0 Å². The summed E-state index contributed by atoms with van der Waals surface area (Å²) in [5, 5.41) is 8.33. The number of halogens is 4. The molecule has 0 aliphatic heterocycles. The number of carboxylic acids is 1. The van der Waals surface area contributed by atoms with Crippen LogP contribution in [0.5, 0.6) is 0 Å². The van der Waals surface area contributed by atoms with Crippen molar-refractivity contribution in [3.8, 4) is 0 Å². The molecule has 1 unspecified atom stereocenters. The van der Waals surface area contributed by atoms with Gasteiger partial charge in [-0.3, -0.25) is 0 Å². The summed E-state index contributed by atoms with van der Waals surface area (Å²) in [5.74, 6) is -2.89. The molecule has 0 aromatic rings. The van der Waals surface area contributed by atoms with Gasteiger partial charge in [-0.25, -0.2) is 9.18 Å². The monoisotopic (exact) mass is 228 g/mol. The zero-order chi connectivity index (χ0) is 11.7. The second kappa shape index (κ2) is 3.98. The molecule has 0 radical (unpaired) electrons. The number of hydrogen-bond donors (Lipinski definition) is 1. The van der Waals surface area contributed by atoms with Crippen LogP contribution in [0.1, 0.15) is 32.1 Å². The lowest BCUT2D eigenvalue weighted by Gasteiger charge is -2.26. The molecule has 0 spiro atoms. The first-order chi connectivity index (χ1) is 6.77. The lowest BCUT2D eigenvalue weighted by molar-refractivity contribution is -0.240. The first-order valence-corrected chi connectivity index (χ1v) is 4.76. The van der Waals surface area contributed by atoms with E-state index in [0.29, 0.717) is 12.8 Å². The number of carboxylic acid groups (broad SMARTS) is 1. The van der Waals surface area contributed by atoms with Gasteiger partial charge in [0.15, 0.2) is 0 Å². The fourth-order valence-electron chi connectivity index (χ4n) is 1.94. The van der Waals surface area contributed by atoms with E-state index in [0.717, 1.165) is 12.8 Å². The SMILES string of the molecule is O=C(O)C(F)(CC1CCCC1)C(F)(F)F. The summed E-state index contributed by atoms with van der Waals surface area (Å²) in [6.45, 7) is 0. The van der Waals surface area contributed by atoms with Crippen LogP contribution in [0.2, 0.25) is 0 Å². The summed E-state index contributed by atoms with van der Waals surface area (Å²) < 4.78 is 50.1. The maximum Gasteiger partial charge on any atom is 0.433 e. The third-order valence-corrected chi connectivity index (χ3v) is 2.83. The summed E-state index contributed by atoms with van der Waals surface area (Å²) >= 11 is 0. The lowest BCUT2D eigenvalue weighted by atomic mass is 9.90. The fraction of sp³-hybridized carbons (Fsp3) is 0.889. The Hall–Kier alpha value is -0.810. The van der Waals surface area contributed by atoms with E-state index in [9.17, 15) is 22.4 Å². The van der Waals surface area contributed by atoms with Crippen molar-refractivity contribution in [2.24, 2.45) is 5.92 Å². The summed E-state index contributed by atoms with van der Waals surface area (Å²) in [6, 6.07) is 0. The summed E-state index contributed by atoms with van der Waals surface area (Å²) in [4.78, 5) is 10.4. The van der Waals surface area contributed by atoms with E-state index in [1.54, 1.807) is 0 Å². The molecule has 15 heavy (non-hydrogen) atoms. The Kier molecular flexibility index (Phi) is 3.25. The molecule has 1 aliphatic rings. The van der Waals surface area contributed by atoms with Gasteiger partial charge in [-0.1, -0.05) is 25.7 Å². The minimum atomic E-state index is -5.33. The zero-order valence-electron chi connectivity index (χ0n) is 7.98. The maximum atomic E-state index is 13.3. The van der Waals surface area contributed by atoms with Gasteiger partial charge in [-0.2, -0.15) is 13.2 Å². The molecule has 88 valence electrons. The molecular weight excluding hydrogens is 216 g/mol. The Morgan fingerprint density at radius 3 is 2.00 bits per heavy atom. The fourth-order valence-corrected chi connectivity index (χ4v) is 1.94. The summed E-state index contributed by atoms with van der Waals surface area (Å²) in [7, 11) is 0. The molecule has 0 aromatic carbocycles. The summed E-state index contributed by atoms with van der Waals surface area (Å²) in [6.07, 6.45) is -3.83. The molecule has 1 atom stereocenters. The Bertz CT molecular complexity index is 245. The minimum absolute atomic E-state index is 0.465. The maximum absolute atomic E-state index is 13.3. The molecule has 6 heteroatoms. The number of rotatable bonds is 3. The highest BCUT2D eigenvalue weighted by molar-refractivity contribution is 5.78. The topological polar surface area (TPSA) is 37.3 Å². The Labute approximate surface area is 84.3 Å². The average molecular weight is 228 g/mol. The van der Waals surface area contributed by atoms with Crippen LogP contribution in [-0.4, -0.2) is 22.9 Å². The van der Waals surface area contributed by atoms with Crippen molar-refractivity contribution < 1.29 is 27.5 Å². The smallest absolute Gasteiger partial charge is 0.433 e. The minimum Gasteiger partial charge on any atom is -0.479 e. The second-order valence-electron chi connectivity index (χ2n) is 3.96. The normalized spacial score (nSPS) is 22.7. The molecule has 0 heterocycles. The van der Waals surface area contributed by atoms with Gasteiger partial charge in [0.2, 0.25) is 0 Å². The third kappa shape index (κ3) is 2.41.